The van der Waals surface area contributed by atoms with Gasteiger partial charge in [0.05, 0.1) is 6.10 Å². The number of nitrogens with one attached hydrogen (secondary N) is 1. The van der Waals surface area contributed by atoms with Gasteiger partial charge in [-0.25, -0.2) is 0 Å². The maximum atomic E-state index is 10.1. The van der Waals surface area contributed by atoms with Gasteiger partial charge in [0.25, 0.3) is 0 Å². The van der Waals surface area contributed by atoms with Gasteiger partial charge in [-0.1, -0.05) is 55.8 Å². The second-order valence-corrected chi connectivity index (χ2v) is 5.42. The molecule has 2 rings (SSSR count). The summed E-state index contributed by atoms with van der Waals surface area (Å²) in [5.41, 5.74) is 2.06. The summed E-state index contributed by atoms with van der Waals surface area (Å²) in [5, 5.41) is 13.4. The third-order valence-corrected chi connectivity index (χ3v) is 3.56. The molecule has 2 aromatic rings. The van der Waals surface area contributed by atoms with E-state index in [9.17, 15) is 5.11 Å². The minimum atomic E-state index is -0.472. The summed E-state index contributed by atoms with van der Waals surface area (Å²) in [6.07, 6.45) is 1.83. The van der Waals surface area contributed by atoms with Crippen molar-refractivity contribution in [3.8, 4) is 5.75 Å². The largest absolute Gasteiger partial charge is 0.489 e. The van der Waals surface area contributed by atoms with Crippen molar-refractivity contribution in [2.75, 3.05) is 13.1 Å². The fourth-order valence-corrected chi connectivity index (χ4v) is 2.19. The summed E-state index contributed by atoms with van der Waals surface area (Å²) < 4.78 is 5.74. The highest BCUT2D eigenvalue weighted by Gasteiger charge is 2.07. The van der Waals surface area contributed by atoms with Crippen LogP contribution in [0.1, 0.15) is 37.0 Å². The summed E-state index contributed by atoms with van der Waals surface area (Å²) in [6.45, 7) is 4.25. The average Bonchev–Trinajstić information content (AvgIpc) is 2.58. The molecule has 0 saturated heterocycles. The number of unbranched alkanes of at least 4 members (excludes halogenated alkanes) is 1. The molecular formula is C19H25NO2. The van der Waals surface area contributed by atoms with Crippen LogP contribution in [0.25, 0.3) is 0 Å². The van der Waals surface area contributed by atoms with Gasteiger partial charge < -0.3 is 15.2 Å². The van der Waals surface area contributed by atoms with Crippen molar-refractivity contribution in [3.63, 3.8) is 0 Å². The molecule has 0 aliphatic rings. The number of benzene rings is 2. The molecule has 22 heavy (non-hydrogen) atoms. The molecule has 3 nitrogen and oxygen atoms in total. The van der Waals surface area contributed by atoms with Gasteiger partial charge in [-0.15, -0.1) is 0 Å². The van der Waals surface area contributed by atoms with Crippen LogP contribution in [0.3, 0.4) is 0 Å². The van der Waals surface area contributed by atoms with Crippen LogP contribution in [0.15, 0.2) is 54.6 Å². The molecule has 0 aliphatic carbocycles. The summed E-state index contributed by atoms with van der Waals surface area (Å²) in [7, 11) is 0. The van der Waals surface area contributed by atoms with Gasteiger partial charge in [-0.2, -0.15) is 0 Å². The van der Waals surface area contributed by atoms with Gasteiger partial charge in [0.2, 0.25) is 0 Å². The van der Waals surface area contributed by atoms with Crippen LogP contribution in [0.5, 0.6) is 5.75 Å². The minimum Gasteiger partial charge on any atom is -0.489 e. The van der Waals surface area contributed by atoms with Gasteiger partial charge in [0, 0.05) is 6.54 Å². The van der Waals surface area contributed by atoms with Crippen LogP contribution in [0.2, 0.25) is 0 Å². The number of aliphatic hydroxyl groups excluding tert-OH is 1. The molecule has 1 atom stereocenters. The Morgan fingerprint density at radius 1 is 1.05 bits per heavy atom. The molecule has 0 radical (unpaired) electrons. The Morgan fingerprint density at radius 3 is 2.45 bits per heavy atom. The lowest BCUT2D eigenvalue weighted by atomic mass is 10.1. The van der Waals surface area contributed by atoms with Gasteiger partial charge in [0.1, 0.15) is 12.4 Å². The highest BCUT2D eigenvalue weighted by molar-refractivity contribution is 5.29. The van der Waals surface area contributed by atoms with Crippen molar-refractivity contribution >= 4 is 0 Å². The highest BCUT2D eigenvalue weighted by atomic mass is 16.5. The Kier molecular flexibility index (Phi) is 6.94. The first-order chi connectivity index (χ1) is 10.8. The van der Waals surface area contributed by atoms with E-state index in [-0.39, 0.29) is 0 Å². The molecule has 2 aromatic carbocycles. The van der Waals surface area contributed by atoms with Crippen molar-refractivity contribution in [3.05, 3.63) is 65.7 Å². The number of aliphatic hydroxyl groups is 1. The van der Waals surface area contributed by atoms with E-state index in [0.717, 1.165) is 36.3 Å². The number of ether oxygens (including phenoxy) is 1. The number of hydrogen-bond acceptors (Lipinski definition) is 3. The van der Waals surface area contributed by atoms with Crippen LogP contribution in [0.4, 0.5) is 0 Å². The minimum absolute atomic E-state index is 0.472. The van der Waals surface area contributed by atoms with E-state index in [1.807, 2.05) is 54.6 Å². The Labute approximate surface area is 133 Å². The maximum Gasteiger partial charge on any atom is 0.119 e. The topological polar surface area (TPSA) is 41.5 Å². The molecule has 0 heterocycles. The first-order valence-corrected chi connectivity index (χ1v) is 7.95. The monoisotopic (exact) mass is 299 g/mol. The average molecular weight is 299 g/mol. The normalized spacial score (nSPS) is 12.1. The van der Waals surface area contributed by atoms with E-state index in [1.54, 1.807) is 0 Å². The van der Waals surface area contributed by atoms with E-state index in [2.05, 4.69) is 12.2 Å². The van der Waals surface area contributed by atoms with Crippen LogP contribution < -0.4 is 10.1 Å². The van der Waals surface area contributed by atoms with E-state index >= 15 is 0 Å². The molecule has 0 amide bonds. The number of rotatable bonds is 9. The zero-order valence-electron chi connectivity index (χ0n) is 13.2. The van der Waals surface area contributed by atoms with Crippen molar-refractivity contribution < 1.29 is 9.84 Å². The summed E-state index contributed by atoms with van der Waals surface area (Å²) >= 11 is 0. The Bertz CT molecular complexity index is 525. The maximum absolute atomic E-state index is 10.1. The molecule has 0 aliphatic heterocycles. The zero-order chi connectivity index (χ0) is 15.6. The third kappa shape index (κ3) is 5.51. The molecule has 0 fully saturated rings. The summed E-state index contributed by atoms with van der Waals surface area (Å²) in [4.78, 5) is 0. The van der Waals surface area contributed by atoms with E-state index in [1.165, 1.54) is 0 Å². The molecule has 0 spiro atoms. The van der Waals surface area contributed by atoms with Crippen LogP contribution in [0, 0.1) is 0 Å². The molecule has 3 heteroatoms. The van der Waals surface area contributed by atoms with Crippen LogP contribution >= 0.6 is 0 Å². The number of hydrogen-bond donors (Lipinski definition) is 2. The molecule has 118 valence electrons. The van der Waals surface area contributed by atoms with E-state index in [4.69, 9.17) is 4.74 Å². The highest BCUT2D eigenvalue weighted by Crippen LogP contribution is 2.18. The second kappa shape index (κ2) is 9.23. The van der Waals surface area contributed by atoms with Crippen molar-refractivity contribution in [1.29, 1.82) is 0 Å². The molecule has 0 saturated carbocycles. The first-order valence-electron chi connectivity index (χ1n) is 7.95. The first kappa shape index (κ1) is 16.5. The predicted molar refractivity (Wildman–Crippen MR) is 90.0 cm³/mol. The van der Waals surface area contributed by atoms with Crippen molar-refractivity contribution in [2.45, 2.75) is 32.5 Å². The molecule has 0 unspecified atom stereocenters. The van der Waals surface area contributed by atoms with Gasteiger partial charge in [-0.05, 0) is 36.2 Å². The van der Waals surface area contributed by atoms with Gasteiger partial charge >= 0.3 is 0 Å². The Morgan fingerprint density at radius 2 is 1.77 bits per heavy atom. The smallest absolute Gasteiger partial charge is 0.119 e. The standard InChI is InChI=1S/C19H25NO2/c1-2-3-13-20-14-19(21)17-9-11-18(12-10-17)22-15-16-7-5-4-6-8-16/h4-12,19-21H,2-3,13-15H2,1H3/t19-/m0/s1. The molecule has 2 N–H and O–H groups in total. The lowest BCUT2D eigenvalue weighted by Gasteiger charge is -2.13. The lowest BCUT2D eigenvalue weighted by Crippen LogP contribution is -2.22. The van der Waals surface area contributed by atoms with E-state index < -0.39 is 6.10 Å². The summed E-state index contributed by atoms with van der Waals surface area (Å²) in [5.74, 6) is 0.818. The molecule has 0 bridgehead atoms. The Hall–Kier alpha value is -1.84. The quantitative estimate of drug-likeness (QED) is 0.694. The fourth-order valence-electron chi connectivity index (χ4n) is 2.19. The van der Waals surface area contributed by atoms with Crippen LogP contribution in [-0.2, 0) is 6.61 Å². The fraction of sp³-hybridized carbons (Fsp3) is 0.368. The molecular weight excluding hydrogens is 274 g/mol. The second-order valence-electron chi connectivity index (χ2n) is 5.42. The van der Waals surface area contributed by atoms with Gasteiger partial charge in [0.15, 0.2) is 0 Å². The van der Waals surface area contributed by atoms with Gasteiger partial charge in [-0.3, -0.25) is 0 Å². The predicted octanol–water partition coefficient (Wildman–Crippen LogP) is 3.69. The van der Waals surface area contributed by atoms with Crippen LogP contribution in [-0.4, -0.2) is 18.2 Å². The summed E-state index contributed by atoms with van der Waals surface area (Å²) in [6, 6.07) is 17.8. The molecule has 0 aromatic heterocycles. The Balaban J connectivity index is 1.79. The van der Waals surface area contributed by atoms with Crippen molar-refractivity contribution in [2.24, 2.45) is 0 Å². The van der Waals surface area contributed by atoms with E-state index in [0.29, 0.717) is 13.2 Å². The lowest BCUT2D eigenvalue weighted by molar-refractivity contribution is 0.174. The van der Waals surface area contributed by atoms with Crippen molar-refractivity contribution in [1.82, 2.24) is 5.32 Å². The zero-order valence-corrected chi connectivity index (χ0v) is 13.2. The third-order valence-electron chi connectivity index (χ3n) is 3.56. The SMILES string of the molecule is CCCCNC[C@H](O)c1ccc(OCc2ccccc2)cc1.